The maximum Gasteiger partial charge on any atom is 0.244 e. The normalized spacial score (nSPS) is 12.2. The molecule has 1 N–H and O–H groups in total. The Bertz CT molecular complexity index is 1040. The molecule has 0 fully saturated rings. The number of rotatable bonds is 8. The van der Waals surface area contributed by atoms with Gasteiger partial charge >= 0.3 is 0 Å². The Balaban J connectivity index is 2.43. The number of hydrogen-bond donors (Lipinski definition) is 1. The van der Waals surface area contributed by atoms with Crippen LogP contribution in [0.1, 0.15) is 12.5 Å². The molecule has 0 bridgehead atoms. The van der Waals surface area contributed by atoms with Crippen molar-refractivity contribution in [3.05, 3.63) is 63.1 Å². The van der Waals surface area contributed by atoms with Crippen LogP contribution in [-0.2, 0) is 26.2 Å². The maximum absolute atomic E-state index is 13.3. The Kier molecular flexibility index (Phi) is 8.59. The Morgan fingerprint density at radius 3 is 2.06 bits per heavy atom. The first-order chi connectivity index (χ1) is 14.5. The largest absolute Gasteiger partial charge is 0.357 e. The summed E-state index contributed by atoms with van der Waals surface area (Å²) < 4.78 is 25.8. The molecule has 1 atom stereocenters. The first kappa shape index (κ1) is 25.3. The van der Waals surface area contributed by atoms with Crippen molar-refractivity contribution in [1.29, 1.82) is 0 Å². The summed E-state index contributed by atoms with van der Waals surface area (Å²) in [5, 5.41) is 3.57. The van der Waals surface area contributed by atoms with E-state index in [9.17, 15) is 18.0 Å². The number of carbonyl (C=O) groups is 2. The zero-order chi connectivity index (χ0) is 23.3. The fraction of sp³-hybridized carbons (Fsp3) is 0.300. The van der Waals surface area contributed by atoms with Crippen LogP contribution in [0.15, 0.2) is 42.5 Å². The quantitative estimate of drug-likeness (QED) is 0.593. The number of amides is 2. The van der Waals surface area contributed by atoms with Crippen LogP contribution in [0.4, 0.5) is 5.69 Å². The first-order valence-corrected chi connectivity index (χ1v) is 12.1. The van der Waals surface area contributed by atoms with E-state index in [1.807, 2.05) is 0 Å². The van der Waals surface area contributed by atoms with Crippen LogP contribution in [0.25, 0.3) is 0 Å². The van der Waals surface area contributed by atoms with Gasteiger partial charge in [0.05, 0.1) is 11.9 Å². The minimum Gasteiger partial charge on any atom is -0.357 e. The minimum atomic E-state index is -3.81. The number of nitrogens with one attached hydrogen (secondary N) is 1. The van der Waals surface area contributed by atoms with E-state index >= 15 is 0 Å². The molecule has 0 aliphatic rings. The van der Waals surface area contributed by atoms with Crippen molar-refractivity contribution in [2.24, 2.45) is 0 Å². The van der Waals surface area contributed by atoms with Gasteiger partial charge in [-0.25, -0.2) is 8.42 Å². The highest BCUT2D eigenvalue weighted by Gasteiger charge is 2.30. The number of nitrogens with zero attached hydrogens (tertiary/aromatic N) is 2. The van der Waals surface area contributed by atoms with Gasteiger partial charge in [-0.15, -0.1) is 0 Å². The number of carbonyl (C=O) groups excluding carboxylic acids is 2. The van der Waals surface area contributed by atoms with E-state index in [1.54, 1.807) is 18.2 Å². The molecule has 0 aliphatic heterocycles. The lowest BCUT2D eigenvalue weighted by Gasteiger charge is -2.31. The zero-order valence-electron chi connectivity index (χ0n) is 17.1. The molecule has 11 heteroatoms. The van der Waals surface area contributed by atoms with Crippen LogP contribution in [0.2, 0.25) is 15.1 Å². The highest BCUT2D eigenvalue weighted by molar-refractivity contribution is 7.92. The molecule has 0 saturated heterocycles. The molecule has 0 unspecified atom stereocenters. The SMILES string of the molecule is CNC(=O)[C@@H](C)N(Cc1c(Cl)cccc1Cl)C(=O)CN(c1ccc(Cl)cc1)S(C)(=O)=O. The Labute approximate surface area is 196 Å². The van der Waals surface area contributed by atoms with Gasteiger partial charge in [-0.2, -0.15) is 0 Å². The molecule has 31 heavy (non-hydrogen) atoms. The average Bonchev–Trinajstić information content (AvgIpc) is 2.70. The van der Waals surface area contributed by atoms with Crippen LogP contribution in [0, 0.1) is 0 Å². The zero-order valence-corrected chi connectivity index (χ0v) is 20.2. The minimum absolute atomic E-state index is 0.0792. The third-order valence-corrected chi connectivity index (χ3v) is 6.70. The summed E-state index contributed by atoms with van der Waals surface area (Å²) in [5.41, 5.74) is 0.718. The van der Waals surface area contributed by atoms with Gasteiger partial charge in [0.15, 0.2) is 0 Å². The number of halogens is 3. The standard InChI is InChI=1S/C20H22Cl3N3O4S/c1-13(20(28)24-2)25(11-16-17(22)5-4-6-18(16)23)19(27)12-26(31(3,29)30)15-9-7-14(21)8-10-15/h4-10,13H,11-12H2,1-3H3,(H,24,28)/t13-/m1/s1. The Morgan fingerprint density at radius 1 is 1.03 bits per heavy atom. The highest BCUT2D eigenvalue weighted by Crippen LogP contribution is 2.27. The van der Waals surface area contributed by atoms with Crippen molar-refractivity contribution < 1.29 is 18.0 Å². The Morgan fingerprint density at radius 2 is 1.58 bits per heavy atom. The number of likely N-dealkylation sites (N-methyl/N-ethyl adjacent to an activating group) is 1. The van der Waals surface area contributed by atoms with Crippen LogP contribution in [0.5, 0.6) is 0 Å². The average molecular weight is 507 g/mol. The molecule has 2 aromatic carbocycles. The summed E-state index contributed by atoms with van der Waals surface area (Å²) in [5.74, 6) is -1.03. The van der Waals surface area contributed by atoms with E-state index in [4.69, 9.17) is 34.8 Å². The number of anilines is 1. The smallest absolute Gasteiger partial charge is 0.244 e. The van der Waals surface area contributed by atoms with Gasteiger partial charge in [0, 0.05) is 34.2 Å². The topological polar surface area (TPSA) is 86.8 Å². The van der Waals surface area contributed by atoms with Crippen LogP contribution < -0.4 is 9.62 Å². The molecule has 0 heterocycles. The summed E-state index contributed by atoms with van der Waals surface area (Å²) >= 11 is 18.4. The molecule has 7 nitrogen and oxygen atoms in total. The van der Waals surface area contributed by atoms with E-state index in [2.05, 4.69) is 5.32 Å². The Hall–Kier alpha value is -2.00. The molecule has 168 valence electrons. The molecule has 2 aromatic rings. The second kappa shape index (κ2) is 10.5. The third-order valence-electron chi connectivity index (χ3n) is 4.60. The van der Waals surface area contributed by atoms with Crippen LogP contribution in [0.3, 0.4) is 0 Å². The van der Waals surface area contributed by atoms with Gasteiger partial charge in [-0.3, -0.25) is 13.9 Å². The van der Waals surface area contributed by atoms with Gasteiger partial charge in [0.1, 0.15) is 12.6 Å². The van der Waals surface area contributed by atoms with Crippen LogP contribution in [-0.4, -0.2) is 51.0 Å². The summed E-state index contributed by atoms with van der Waals surface area (Å²) in [4.78, 5) is 26.8. The van der Waals surface area contributed by atoms with E-state index in [0.29, 0.717) is 20.6 Å². The summed E-state index contributed by atoms with van der Waals surface area (Å²) in [6.07, 6.45) is 0.992. The van der Waals surface area contributed by atoms with E-state index in [1.165, 1.54) is 43.1 Å². The van der Waals surface area contributed by atoms with Gasteiger partial charge in [-0.05, 0) is 43.3 Å². The van der Waals surface area contributed by atoms with E-state index in [-0.39, 0.29) is 12.2 Å². The second-order valence-electron chi connectivity index (χ2n) is 6.76. The molecule has 0 aliphatic carbocycles. The molecule has 0 spiro atoms. The predicted molar refractivity (Wildman–Crippen MR) is 124 cm³/mol. The number of sulfonamides is 1. The third kappa shape index (κ3) is 6.49. The number of benzene rings is 2. The van der Waals surface area contributed by atoms with E-state index < -0.39 is 34.4 Å². The molecule has 0 aromatic heterocycles. The van der Waals surface area contributed by atoms with Crippen molar-refractivity contribution >= 4 is 62.3 Å². The molecule has 2 amide bonds. The lowest BCUT2D eigenvalue weighted by atomic mass is 10.1. The second-order valence-corrected chi connectivity index (χ2v) is 9.92. The van der Waals surface area contributed by atoms with Crippen molar-refractivity contribution in [3.8, 4) is 0 Å². The lowest BCUT2D eigenvalue weighted by Crippen LogP contribution is -2.50. The summed E-state index contributed by atoms with van der Waals surface area (Å²) in [7, 11) is -2.37. The summed E-state index contributed by atoms with van der Waals surface area (Å²) in [6.45, 7) is 0.933. The fourth-order valence-electron chi connectivity index (χ4n) is 2.87. The van der Waals surface area contributed by atoms with Gasteiger partial charge < -0.3 is 10.2 Å². The monoisotopic (exact) mass is 505 g/mol. The summed E-state index contributed by atoms with van der Waals surface area (Å²) in [6, 6.07) is 10.0. The van der Waals surface area contributed by atoms with E-state index in [0.717, 1.165) is 10.6 Å². The molecular weight excluding hydrogens is 485 g/mol. The molecule has 0 radical (unpaired) electrons. The molecule has 2 rings (SSSR count). The maximum atomic E-state index is 13.3. The first-order valence-electron chi connectivity index (χ1n) is 9.13. The van der Waals surface area contributed by atoms with Gasteiger partial charge in [-0.1, -0.05) is 40.9 Å². The van der Waals surface area contributed by atoms with Crippen molar-refractivity contribution in [3.63, 3.8) is 0 Å². The number of hydrogen-bond acceptors (Lipinski definition) is 4. The van der Waals surface area contributed by atoms with Crippen molar-refractivity contribution in [2.45, 2.75) is 19.5 Å². The molecular formula is C20H22Cl3N3O4S. The van der Waals surface area contributed by atoms with Crippen molar-refractivity contribution in [1.82, 2.24) is 10.2 Å². The lowest BCUT2D eigenvalue weighted by molar-refractivity contribution is -0.139. The van der Waals surface area contributed by atoms with Crippen LogP contribution >= 0.6 is 34.8 Å². The molecule has 0 saturated carbocycles. The highest BCUT2D eigenvalue weighted by atomic mass is 35.5. The van der Waals surface area contributed by atoms with Gasteiger partial charge in [0.25, 0.3) is 0 Å². The fourth-order valence-corrected chi connectivity index (χ4v) is 4.36. The van der Waals surface area contributed by atoms with Gasteiger partial charge in [0.2, 0.25) is 21.8 Å². The predicted octanol–water partition coefficient (Wildman–Crippen LogP) is 3.58. The van der Waals surface area contributed by atoms with Crippen molar-refractivity contribution in [2.75, 3.05) is 24.2 Å².